The molecule has 0 saturated carbocycles. The van der Waals surface area contributed by atoms with E-state index < -0.39 is 11.4 Å². The zero-order valence-corrected chi connectivity index (χ0v) is 13.2. The van der Waals surface area contributed by atoms with Gasteiger partial charge in [0.25, 0.3) is 0 Å². The molecule has 2 unspecified atom stereocenters. The van der Waals surface area contributed by atoms with Crippen molar-refractivity contribution in [3.63, 3.8) is 0 Å². The molecule has 0 amide bonds. The molecule has 2 rings (SSSR count). The second-order valence-corrected chi connectivity index (χ2v) is 7.21. The van der Waals surface area contributed by atoms with Gasteiger partial charge in [0.15, 0.2) is 0 Å². The average molecular weight is 283 g/mol. The van der Waals surface area contributed by atoms with Crippen LogP contribution in [0.2, 0.25) is 0 Å². The normalized spacial score (nSPS) is 34.2. The first-order valence-corrected chi connectivity index (χ1v) is 8.00. The van der Waals surface area contributed by atoms with Crippen LogP contribution in [0.5, 0.6) is 0 Å². The van der Waals surface area contributed by atoms with Crippen LogP contribution in [0, 0.1) is 5.41 Å². The van der Waals surface area contributed by atoms with Gasteiger partial charge in [-0.3, -0.25) is 9.69 Å². The van der Waals surface area contributed by atoms with Crippen LogP contribution in [0.25, 0.3) is 0 Å². The predicted molar refractivity (Wildman–Crippen MR) is 78.8 cm³/mol. The largest absolute Gasteiger partial charge is 0.481 e. The number of aliphatic carboxylic acids is 1. The van der Waals surface area contributed by atoms with E-state index in [1.165, 1.54) is 0 Å². The third-order valence-electron chi connectivity index (χ3n) is 4.85. The van der Waals surface area contributed by atoms with Crippen molar-refractivity contribution in [2.75, 3.05) is 19.6 Å². The lowest BCUT2D eigenvalue weighted by Crippen LogP contribution is -2.49. The van der Waals surface area contributed by atoms with Crippen molar-refractivity contribution in [1.29, 1.82) is 0 Å². The topological polar surface area (TPSA) is 49.8 Å². The molecular formula is C16H29NO3. The number of carboxylic acid groups (broad SMARTS) is 1. The van der Waals surface area contributed by atoms with Gasteiger partial charge in [0.05, 0.1) is 17.1 Å². The summed E-state index contributed by atoms with van der Waals surface area (Å²) in [6.45, 7) is 8.95. The summed E-state index contributed by atoms with van der Waals surface area (Å²) >= 11 is 0. The van der Waals surface area contributed by atoms with Crippen LogP contribution in [-0.4, -0.2) is 47.3 Å². The SMILES string of the molecule is CCCC1(C(=O)O)CCCN(CC2CCC(C)(C)O2)C1. The molecule has 2 atom stereocenters. The summed E-state index contributed by atoms with van der Waals surface area (Å²) in [5.41, 5.74) is -0.533. The quantitative estimate of drug-likeness (QED) is 0.843. The zero-order valence-electron chi connectivity index (χ0n) is 13.2. The van der Waals surface area contributed by atoms with Gasteiger partial charge >= 0.3 is 5.97 Å². The molecule has 4 heteroatoms. The van der Waals surface area contributed by atoms with Gasteiger partial charge in [-0.05, 0) is 52.5 Å². The van der Waals surface area contributed by atoms with Gasteiger partial charge in [0.2, 0.25) is 0 Å². The van der Waals surface area contributed by atoms with Gasteiger partial charge in [-0.1, -0.05) is 13.3 Å². The van der Waals surface area contributed by atoms with Crippen LogP contribution in [0.3, 0.4) is 0 Å². The number of carbonyl (C=O) groups is 1. The Morgan fingerprint density at radius 3 is 2.70 bits per heavy atom. The summed E-state index contributed by atoms with van der Waals surface area (Å²) in [5.74, 6) is -0.614. The molecule has 2 heterocycles. The highest BCUT2D eigenvalue weighted by atomic mass is 16.5. The molecule has 0 radical (unpaired) electrons. The summed E-state index contributed by atoms with van der Waals surface area (Å²) in [7, 11) is 0. The van der Waals surface area contributed by atoms with E-state index in [4.69, 9.17) is 4.74 Å². The second-order valence-electron chi connectivity index (χ2n) is 7.21. The number of piperidine rings is 1. The number of ether oxygens (including phenoxy) is 1. The lowest BCUT2D eigenvalue weighted by Gasteiger charge is -2.40. The summed E-state index contributed by atoms with van der Waals surface area (Å²) in [6.07, 6.45) is 6.01. The molecule has 116 valence electrons. The molecule has 1 N–H and O–H groups in total. The van der Waals surface area contributed by atoms with Crippen molar-refractivity contribution in [2.24, 2.45) is 5.41 Å². The van der Waals surface area contributed by atoms with Gasteiger partial charge in [0.1, 0.15) is 0 Å². The van der Waals surface area contributed by atoms with E-state index in [0.29, 0.717) is 6.54 Å². The lowest BCUT2D eigenvalue weighted by molar-refractivity contribution is -0.154. The number of likely N-dealkylation sites (tertiary alicyclic amines) is 1. The summed E-state index contributed by atoms with van der Waals surface area (Å²) < 4.78 is 6.05. The fourth-order valence-corrected chi connectivity index (χ4v) is 3.84. The average Bonchev–Trinajstić information content (AvgIpc) is 2.69. The Morgan fingerprint density at radius 1 is 1.40 bits per heavy atom. The third-order valence-corrected chi connectivity index (χ3v) is 4.85. The maximum atomic E-state index is 11.7. The van der Waals surface area contributed by atoms with E-state index in [2.05, 4.69) is 25.7 Å². The highest BCUT2D eigenvalue weighted by molar-refractivity contribution is 5.75. The molecule has 0 bridgehead atoms. The Morgan fingerprint density at radius 2 is 2.15 bits per heavy atom. The molecule has 0 spiro atoms. The van der Waals surface area contributed by atoms with Crippen LogP contribution in [0.1, 0.15) is 59.3 Å². The Labute approximate surface area is 122 Å². The van der Waals surface area contributed by atoms with Crippen LogP contribution < -0.4 is 0 Å². The van der Waals surface area contributed by atoms with Gasteiger partial charge in [-0.15, -0.1) is 0 Å². The van der Waals surface area contributed by atoms with Crippen molar-refractivity contribution >= 4 is 5.97 Å². The minimum absolute atomic E-state index is 0.00619. The molecule has 0 aromatic rings. The minimum atomic E-state index is -0.614. The molecule has 0 aromatic heterocycles. The van der Waals surface area contributed by atoms with E-state index in [9.17, 15) is 9.90 Å². The van der Waals surface area contributed by atoms with Crippen LogP contribution >= 0.6 is 0 Å². The fourth-order valence-electron chi connectivity index (χ4n) is 3.84. The number of hydrogen-bond donors (Lipinski definition) is 1. The van der Waals surface area contributed by atoms with Gasteiger partial charge in [-0.2, -0.15) is 0 Å². The maximum absolute atomic E-state index is 11.7. The summed E-state index contributed by atoms with van der Waals surface area (Å²) in [4.78, 5) is 14.0. The first-order valence-electron chi connectivity index (χ1n) is 8.00. The van der Waals surface area contributed by atoms with E-state index in [1.54, 1.807) is 0 Å². The van der Waals surface area contributed by atoms with Crippen LogP contribution in [-0.2, 0) is 9.53 Å². The Balaban J connectivity index is 1.94. The van der Waals surface area contributed by atoms with Crippen molar-refractivity contribution in [1.82, 2.24) is 4.90 Å². The van der Waals surface area contributed by atoms with Crippen molar-refractivity contribution in [3.05, 3.63) is 0 Å². The zero-order chi connectivity index (χ0) is 14.8. The standard InChI is InChI=1S/C16H29NO3/c1-4-7-16(14(18)19)8-5-10-17(12-16)11-13-6-9-15(2,3)20-13/h13H,4-12H2,1-3H3,(H,18,19). The lowest BCUT2D eigenvalue weighted by atomic mass is 9.76. The Hall–Kier alpha value is -0.610. The van der Waals surface area contributed by atoms with E-state index in [-0.39, 0.29) is 11.7 Å². The molecule has 2 aliphatic rings. The number of nitrogens with zero attached hydrogens (tertiary/aromatic N) is 1. The van der Waals surface area contributed by atoms with Crippen LogP contribution in [0.4, 0.5) is 0 Å². The molecule has 0 aromatic carbocycles. The number of carboxylic acids is 1. The Bertz CT molecular complexity index is 352. The van der Waals surface area contributed by atoms with Crippen molar-refractivity contribution in [2.45, 2.75) is 71.0 Å². The van der Waals surface area contributed by atoms with Crippen molar-refractivity contribution < 1.29 is 14.6 Å². The molecule has 2 aliphatic heterocycles. The predicted octanol–water partition coefficient (Wildman–Crippen LogP) is 2.91. The van der Waals surface area contributed by atoms with Gasteiger partial charge < -0.3 is 9.84 Å². The van der Waals surface area contributed by atoms with E-state index >= 15 is 0 Å². The Kier molecular flexibility index (Phi) is 4.75. The summed E-state index contributed by atoms with van der Waals surface area (Å²) in [6, 6.07) is 0. The van der Waals surface area contributed by atoms with Gasteiger partial charge in [-0.25, -0.2) is 0 Å². The number of hydrogen-bond acceptors (Lipinski definition) is 3. The second kappa shape index (κ2) is 6.02. The van der Waals surface area contributed by atoms with Crippen LogP contribution in [0.15, 0.2) is 0 Å². The first kappa shape index (κ1) is 15.8. The minimum Gasteiger partial charge on any atom is -0.481 e. The maximum Gasteiger partial charge on any atom is 0.310 e. The van der Waals surface area contributed by atoms with E-state index in [1.807, 2.05) is 0 Å². The smallest absolute Gasteiger partial charge is 0.310 e. The molecule has 2 fully saturated rings. The molecule has 0 aliphatic carbocycles. The first-order chi connectivity index (χ1) is 9.37. The molecule has 4 nitrogen and oxygen atoms in total. The third kappa shape index (κ3) is 3.53. The van der Waals surface area contributed by atoms with Crippen molar-refractivity contribution in [3.8, 4) is 0 Å². The molecule has 2 saturated heterocycles. The summed E-state index contributed by atoms with van der Waals surface area (Å²) in [5, 5.41) is 9.62. The van der Waals surface area contributed by atoms with E-state index in [0.717, 1.165) is 51.6 Å². The molecular weight excluding hydrogens is 254 g/mol. The fraction of sp³-hybridized carbons (Fsp3) is 0.938. The highest BCUT2D eigenvalue weighted by Crippen LogP contribution is 2.36. The number of rotatable bonds is 5. The highest BCUT2D eigenvalue weighted by Gasteiger charge is 2.42. The monoisotopic (exact) mass is 283 g/mol. The van der Waals surface area contributed by atoms with Gasteiger partial charge in [0, 0.05) is 13.1 Å². The molecule has 20 heavy (non-hydrogen) atoms.